The number of halogens is 3. The number of aromatic nitrogens is 5. The predicted molar refractivity (Wildman–Crippen MR) is 120 cm³/mol. The van der Waals surface area contributed by atoms with Crippen LogP contribution in [0.1, 0.15) is 36.3 Å². The highest BCUT2D eigenvalue weighted by atomic mass is 32.2. The number of benzene rings is 1. The Hall–Kier alpha value is -2.46. The van der Waals surface area contributed by atoms with Crippen LogP contribution < -0.4 is 0 Å². The van der Waals surface area contributed by atoms with E-state index in [-0.39, 0.29) is 5.41 Å². The normalized spacial score (nSPS) is 22.8. The molecule has 1 unspecified atom stereocenters. The third kappa shape index (κ3) is 4.63. The minimum atomic E-state index is -4.27. The van der Waals surface area contributed by atoms with E-state index in [4.69, 9.17) is 0 Å². The molecule has 0 bridgehead atoms. The van der Waals surface area contributed by atoms with Gasteiger partial charge in [-0.1, -0.05) is 23.9 Å². The number of likely N-dealkylation sites (tertiary alicyclic amines) is 1. The van der Waals surface area contributed by atoms with Gasteiger partial charge in [-0.2, -0.15) is 13.2 Å². The molecule has 33 heavy (non-hydrogen) atoms. The molecule has 1 saturated carbocycles. The number of rotatable bonds is 7. The molecule has 3 aromatic rings. The lowest BCUT2D eigenvalue weighted by Gasteiger charge is -2.16. The molecule has 0 radical (unpaired) electrons. The molecule has 0 amide bonds. The fraction of sp³-hybridized carbons (Fsp3) is 0.478. The van der Waals surface area contributed by atoms with Crippen molar-refractivity contribution in [3.05, 3.63) is 54.0 Å². The van der Waals surface area contributed by atoms with Crippen LogP contribution in [0.4, 0.5) is 13.2 Å². The molecule has 10 heteroatoms. The summed E-state index contributed by atoms with van der Waals surface area (Å²) in [6.45, 7) is 3.11. The first-order valence-corrected chi connectivity index (χ1v) is 12.0. The van der Waals surface area contributed by atoms with Gasteiger partial charge in [0.15, 0.2) is 11.0 Å². The van der Waals surface area contributed by atoms with Crippen LogP contribution in [0.3, 0.4) is 0 Å². The summed E-state index contributed by atoms with van der Waals surface area (Å²) in [5.41, 5.74) is 1.43. The van der Waals surface area contributed by atoms with Crippen molar-refractivity contribution < 1.29 is 13.2 Å². The molecule has 2 aromatic heterocycles. The molecular weight excluding hydrogens is 449 g/mol. The maximum absolute atomic E-state index is 12.8. The maximum atomic E-state index is 12.8. The molecular formula is C23H25F3N6S. The highest BCUT2D eigenvalue weighted by Crippen LogP contribution is 2.64. The Balaban J connectivity index is 1.09. The number of thioether (sulfide) groups is 1. The fourth-order valence-corrected chi connectivity index (χ4v) is 5.71. The Morgan fingerprint density at radius 3 is 2.70 bits per heavy atom. The van der Waals surface area contributed by atoms with E-state index in [1.165, 1.54) is 12.1 Å². The Bertz CT molecular complexity index is 1100. The first kappa shape index (κ1) is 22.3. The molecule has 1 aliphatic carbocycles. The van der Waals surface area contributed by atoms with Gasteiger partial charge in [0.1, 0.15) is 5.69 Å². The van der Waals surface area contributed by atoms with Crippen molar-refractivity contribution in [3.63, 3.8) is 0 Å². The lowest BCUT2D eigenvalue weighted by molar-refractivity contribution is -0.137. The smallest absolute Gasteiger partial charge is 0.304 e. The number of hydrogen-bond donors (Lipinski definition) is 0. The van der Waals surface area contributed by atoms with Crippen molar-refractivity contribution in [2.24, 2.45) is 12.5 Å². The average molecular weight is 475 g/mol. The minimum Gasteiger partial charge on any atom is -0.304 e. The van der Waals surface area contributed by atoms with Crippen LogP contribution in [-0.2, 0) is 13.2 Å². The molecule has 1 aromatic carbocycles. The van der Waals surface area contributed by atoms with Gasteiger partial charge in [0.05, 0.1) is 11.8 Å². The predicted octanol–water partition coefficient (Wildman–Crippen LogP) is 4.65. The van der Waals surface area contributed by atoms with Crippen molar-refractivity contribution in [1.82, 2.24) is 29.6 Å². The van der Waals surface area contributed by atoms with E-state index in [0.29, 0.717) is 17.4 Å². The number of nitrogens with zero attached hydrogens (tertiary/aromatic N) is 6. The minimum absolute atomic E-state index is 0.252. The first-order valence-electron chi connectivity index (χ1n) is 11.0. The van der Waals surface area contributed by atoms with Gasteiger partial charge in [0, 0.05) is 31.7 Å². The molecule has 2 atom stereocenters. The van der Waals surface area contributed by atoms with Gasteiger partial charge in [-0.15, -0.1) is 10.2 Å². The van der Waals surface area contributed by atoms with E-state index in [1.54, 1.807) is 42.5 Å². The van der Waals surface area contributed by atoms with Crippen LogP contribution in [-0.4, -0.2) is 55.0 Å². The van der Waals surface area contributed by atoms with Crippen LogP contribution in [0.15, 0.2) is 48.0 Å². The molecule has 2 fully saturated rings. The molecule has 5 rings (SSSR count). The van der Waals surface area contributed by atoms with Gasteiger partial charge in [-0.25, -0.2) is 4.98 Å². The molecule has 3 heterocycles. The molecule has 1 spiro atoms. The summed E-state index contributed by atoms with van der Waals surface area (Å²) < 4.78 is 40.4. The number of alkyl halides is 3. The van der Waals surface area contributed by atoms with Gasteiger partial charge >= 0.3 is 6.18 Å². The van der Waals surface area contributed by atoms with Gasteiger partial charge in [-0.3, -0.25) is 4.98 Å². The van der Waals surface area contributed by atoms with E-state index < -0.39 is 11.7 Å². The zero-order valence-electron chi connectivity index (χ0n) is 18.3. The van der Waals surface area contributed by atoms with Crippen molar-refractivity contribution in [3.8, 4) is 11.5 Å². The zero-order valence-corrected chi connectivity index (χ0v) is 19.1. The van der Waals surface area contributed by atoms with Crippen LogP contribution >= 0.6 is 11.8 Å². The Morgan fingerprint density at radius 1 is 1.15 bits per heavy atom. The van der Waals surface area contributed by atoms with Crippen molar-refractivity contribution in [1.29, 1.82) is 0 Å². The second kappa shape index (κ2) is 8.72. The van der Waals surface area contributed by atoms with Crippen molar-refractivity contribution >= 4 is 11.8 Å². The summed E-state index contributed by atoms with van der Waals surface area (Å²) in [6.07, 6.45) is 3.91. The Kier molecular flexibility index (Phi) is 5.90. The zero-order chi connectivity index (χ0) is 23.1. The molecule has 0 N–H and O–H groups in total. The van der Waals surface area contributed by atoms with Gasteiger partial charge < -0.3 is 9.47 Å². The Labute approximate surface area is 194 Å². The van der Waals surface area contributed by atoms with Gasteiger partial charge in [-0.05, 0) is 61.4 Å². The average Bonchev–Trinajstić information content (AvgIpc) is 3.15. The summed E-state index contributed by atoms with van der Waals surface area (Å²) in [5, 5.41) is 9.39. The molecule has 1 saturated heterocycles. The second-order valence-corrected chi connectivity index (χ2v) is 9.98. The quantitative estimate of drug-likeness (QED) is 0.367. The monoisotopic (exact) mass is 474 g/mol. The van der Waals surface area contributed by atoms with E-state index in [1.807, 2.05) is 11.6 Å². The van der Waals surface area contributed by atoms with E-state index in [2.05, 4.69) is 25.1 Å². The standard InChI is InChI=1S/C23H25F3N6S/c1-31-20(19-14-27-8-9-28-19)29-30-21(31)33-12-2-10-32-11-7-22(15-32)13-18(22)16-3-5-17(6-4-16)23(24,25)26/h3-6,8-9,14,18H,2,7,10-13,15H2,1H3/t18-,22?/m1/s1. The van der Waals surface area contributed by atoms with E-state index in [0.717, 1.165) is 55.4 Å². The van der Waals surface area contributed by atoms with Crippen molar-refractivity contribution in [2.75, 3.05) is 25.4 Å². The lowest BCUT2D eigenvalue weighted by atomic mass is 9.97. The van der Waals surface area contributed by atoms with Crippen LogP contribution in [0.5, 0.6) is 0 Å². The third-order valence-corrected chi connectivity index (χ3v) is 7.88. The SMILES string of the molecule is Cn1c(SCCCN2CCC3(C[C@@H]3c3ccc(C(F)(F)F)cc3)C2)nnc1-c1cnccn1. The van der Waals surface area contributed by atoms with Crippen LogP contribution in [0, 0.1) is 5.41 Å². The van der Waals surface area contributed by atoms with E-state index in [9.17, 15) is 13.2 Å². The molecule has 1 aliphatic heterocycles. The molecule has 2 aliphatic rings. The largest absolute Gasteiger partial charge is 0.416 e. The first-order chi connectivity index (χ1) is 15.9. The van der Waals surface area contributed by atoms with Gasteiger partial charge in [0.2, 0.25) is 0 Å². The Morgan fingerprint density at radius 2 is 1.97 bits per heavy atom. The van der Waals surface area contributed by atoms with E-state index >= 15 is 0 Å². The fourth-order valence-electron chi connectivity index (χ4n) is 4.88. The highest BCUT2D eigenvalue weighted by molar-refractivity contribution is 7.99. The van der Waals surface area contributed by atoms with Crippen molar-refractivity contribution in [2.45, 2.75) is 36.5 Å². The lowest BCUT2D eigenvalue weighted by Crippen LogP contribution is -2.23. The van der Waals surface area contributed by atoms with Crippen LogP contribution in [0.25, 0.3) is 11.5 Å². The number of hydrogen-bond acceptors (Lipinski definition) is 6. The highest BCUT2D eigenvalue weighted by Gasteiger charge is 2.57. The maximum Gasteiger partial charge on any atom is 0.416 e. The molecule has 6 nitrogen and oxygen atoms in total. The van der Waals surface area contributed by atoms with Crippen LogP contribution in [0.2, 0.25) is 0 Å². The van der Waals surface area contributed by atoms with Gasteiger partial charge in [0.25, 0.3) is 0 Å². The second-order valence-electron chi connectivity index (χ2n) is 8.92. The summed E-state index contributed by atoms with van der Waals surface area (Å²) in [6, 6.07) is 5.76. The summed E-state index contributed by atoms with van der Waals surface area (Å²) >= 11 is 1.68. The molecule has 174 valence electrons. The summed E-state index contributed by atoms with van der Waals surface area (Å²) in [5.74, 6) is 2.03. The topological polar surface area (TPSA) is 59.7 Å². The summed E-state index contributed by atoms with van der Waals surface area (Å²) in [4.78, 5) is 10.9. The summed E-state index contributed by atoms with van der Waals surface area (Å²) in [7, 11) is 1.94. The third-order valence-electron chi connectivity index (χ3n) is 6.77.